The van der Waals surface area contributed by atoms with Gasteiger partial charge in [0.2, 0.25) is 0 Å². The number of anilines is 2. The topological polar surface area (TPSA) is 72.6 Å². The number of hydrogen-bond donors (Lipinski definition) is 1. The molecule has 0 saturated carbocycles. The zero-order valence-electron chi connectivity index (χ0n) is 12.0. The summed E-state index contributed by atoms with van der Waals surface area (Å²) in [6.07, 6.45) is 0.827. The van der Waals surface area contributed by atoms with Crippen molar-refractivity contribution in [1.29, 1.82) is 0 Å². The Labute approximate surface area is 128 Å². The van der Waals surface area contributed by atoms with Crippen molar-refractivity contribution in [2.75, 3.05) is 23.8 Å². The van der Waals surface area contributed by atoms with Crippen LogP contribution < -0.4 is 10.6 Å². The van der Waals surface area contributed by atoms with Crippen LogP contribution in [-0.4, -0.2) is 25.0 Å². The highest BCUT2D eigenvalue weighted by atomic mass is 16.5. The lowest BCUT2D eigenvalue weighted by Gasteiger charge is -2.17. The minimum absolute atomic E-state index is 0.214. The van der Waals surface area contributed by atoms with Gasteiger partial charge in [0.05, 0.1) is 5.56 Å². The van der Waals surface area contributed by atoms with Crippen LogP contribution in [0.15, 0.2) is 48.5 Å². The van der Waals surface area contributed by atoms with Gasteiger partial charge in [-0.25, -0.2) is 4.79 Å². The SMILES string of the molecule is Nc1ccc(C(=O)OCC(=O)N2CCc3ccccc32)cc1. The fourth-order valence-corrected chi connectivity index (χ4v) is 2.51. The summed E-state index contributed by atoms with van der Waals surface area (Å²) < 4.78 is 5.09. The average molecular weight is 296 g/mol. The fraction of sp³-hybridized carbons (Fsp3) is 0.176. The standard InChI is InChI=1S/C17H16N2O3/c18-14-7-5-13(6-8-14)17(21)22-11-16(20)19-10-9-12-3-1-2-4-15(12)19/h1-8H,9-11,18H2. The summed E-state index contributed by atoms with van der Waals surface area (Å²) in [6.45, 7) is 0.356. The van der Waals surface area contributed by atoms with E-state index in [1.165, 1.54) is 0 Å². The molecule has 2 aromatic carbocycles. The number of nitrogen functional groups attached to an aromatic ring is 1. The molecule has 0 radical (unpaired) electrons. The van der Waals surface area contributed by atoms with E-state index >= 15 is 0 Å². The summed E-state index contributed by atoms with van der Waals surface area (Å²) in [6, 6.07) is 14.1. The van der Waals surface area contributed by atoms with Crippen LogP contribution in [0.4, 0.5) is 11.4 Å². The first kappa shape index (κ1) is 14.1. The Hall–Kier alpha value is -2.82. The lowest BCUT2D eigenvalue weighted by Crippen LogP contribution is -2.33. The van der Waals surface area contributed by atoms with Crippen LogP contribution in [0.1, 0.15) is 15.9 Å². The highest BCUT2D eigenvalue weighted by Crippen LogP contribution is 2.27. The summed E-state index contributed by atoms with van der Waals surface area (Å²) in [5, 5.41) is 0. The molecule has 0 unspecified atom stereocenters. The molecule has 0 fully saturated rings. The van der Waals surface area contributed by atoms with Crippen LogP contribution in [0.2, 0.25) is 0 Å². The van der Waals surface area contributed by atoms with E-state index in [1.54, 1.807) is 29.2 Å². The normalized spacial score (nSPS) is 12.8. The number of esters is 1. The second-order valence-corrected chi connectivity index (χ2v) is 5.12. The van der Waals surface area contributed by atoms with Crippen molar-refractivity contribution in [3.63, 3.8) is 0 Å². The van der Waals surface area contributed by atoms with E-state index in [-0.39, 0.29) is 12.5 Å². The van der Waals surface area contributed by atoms with E-state index in [0.29, 0.717) is 17.8 Å². The Balaban J connectivity index is 1.61. The molecule has 2 aromatic rings. The molecule has 5 heteroatoms. The monoisotopic (exact) mass is 296 g/mol. The van der Waals surface area contributed by atoms with Crippen molar-refractivity contribution in [3.8, 4) is 0 Å². The lowest BCUT2D eigenvalue weighted by atomic mass is 10.2. The predicted octanol–water partition coefficient (Wildman–Crippen LogP) is 2.01. The van der Waals surface area contributed by atoms with Gasteiger partial charge in [-0.2, -0.15) is 0 Å². The number of amides is 1. The van der Waals surface area contributed by atoms with Gasteiger partial charge in [-0.1, -0.05) is 18.2 Å². The number of hydrogen-bond acceptors (Lipinski definition) is 4. The Bertz CT molecular complexity index is 710. The van der Waals surface area contributed by atoms with Crippen molar-refractivity contribution < 1.29 is 14.3 Å². The van der Waals surface area contributed by atoms with Crippen molar-refractivity contribution in [2.45, 2.75) is 6.42 Å². The molecule has 3 rings (SSSR count). The Kier molecular flexibility index (Phi) is 3.78. The lowest BCUT2D eigenvalue weighted by molar-refractivity contribution is -0.121. The number of fused-ring (bicyclic) bond motifs is 1. The third kappa shape index (κ3) is 2.79. The maximum Gasteiger partial charge on any atom is 0.338 e. The molecule has 5 nitrogen and oxygen atoms in total. The molecule has 0 saturated heterocycles. The average Bonchev–Trinajstić information content (AvgIpc) is 2.97. The first-order valence-corrected chi connectivity index (χ1v) is 7.06. The van der Waals surface area contributed by atoms with Gasteiger partial charge in [-0.3, -0.25) is 4.79 Å². The molecule has 1 heterocycles. The van der Waals surface area contributed by atoms with Crippen molar-refractivity contribution >= 4 is 23.3 Å². The van der Waals surface area contributed by atoms with Crippen molar-refractivity contribution in [2.24, 2.45) is 0 Å². The van der Waals surface area contributed by atoms with Gasteiger partial charge < -0.3 is 15.4 Å². The van der Waals surface area contributed by atoms with Crippen LogP contribution in [-0.2, 0) is 16.0 Å². The molecule has 1 aliphatic heterocycles. The van der Waals surface area contributed by atoms with Gasteiger partial charge in [0, 0.05) is 17.9 Å². The summed E-state index contributed by atoms with van der Waals surface area (Å²) in [7, 11) is 0. The molecular formula is C17H16N2O3. The Morgan fingerprint density at radius 2 is 1.82 bits per heavy atom. The van der Waals surface area contributed by atoms with E-state index in [4.69, 9.17) is 10.5 Å². The van der Waals surface area contributed by atoms with Gasteiger partial charge >= 0.3 is 5.97 Å². The first-order valence-electron chi connectivity index (χ1n) is 7.06. The highest BCUT2D eigenvalue weighted by molar-refractivity contribution is 5.98. The van der Waals surface area contributed by atoms with Gasteiger partial charge in [0.1, 0.15) is 0 Å². The minimum atomic E-state index is -0.527. The second kappa shape index (κ2) is 5.89. The highest BCUT2D eigenvalue weighted by Gasteiger charge is 2.24. The second-order valence-electron chi connectivity index (χ2n) is 5.12. The van der Waals surface area contributed by atoms with E-state index < -0.39 is 5.97 Å². The van der Waals surface area contributed by atoms with Crippen LogP contribution >= 0.6 is 0 Å². The molecule has 0 atom stereocenters. The smallest absolute Gasteiger partial charge is 0.338 e. The number of nitrogens with zero attached hydrogens (tertiary/aromatic N) is 1. The van der Waals surface area contributed by atoms with Crippen LogP contribution in [0, 0.1) is 0 Å². The van der Waals surface area contributed by atoms with Gasteiger partial charge in [0.15, 0.2) is 6.61 Å². The van der Waals surface area contributed by atoms with E-state index in [9.17, 15) is 9.59 Å². The molecule has 22 heavy (non-hydrogen) atoms. The molecular weight excluding hydrogens is 280 g/mol. The largest absolute Gasteiger partial charge is 0.452 e. The zero-order valence-corrected chi connectivity index (χ0v) is 12.0. The molecule has 0 aliphatic carbocycles. The quantitative estimate of drug-likeness (QED) is 0.694. The molecule has 0 aromatic heterocycles. The third-order valence-electron chi connectivity index (χ3n) is 3.66. The molecule has 0 spiro atoms. The van der Waals surface area contributed by atoms with Gasteiger partial charge in [-0.05, 0) is 42.3 Å². The number of nitrogens with two attached hydrogens (primary N) is 1. The van der Waals surface area contributed by atoms with Crippen molar-refractivity contribution in [1.82, 2.24) is 0 Å². The van der Waals surface area contributed by atoms with Crippen LogP contribution in [0.25, 0.3) is 0 Å². The van der Waals surface area contributed by atoms with E-state index in [2.05, 4.69) is 0 Å². The molecule has 112 valence electrons. The minimum Gasteiger partial charge on any atom is -0.452 e. The summed E-state index contributed by atoms with van der Waals surface area (Å²) >= 11 is 0. The fourth-order valence-electron chi connectivity index (χ4n) is 2.51. The number of benzene rings is 2. The number of carbonyl (C=O) groups excluding carboxylic acids is 2. The number of rotatable bonds is 3. The maximum atomic E-state index is 12.2. The van der Waals surface area contributed by atoms with Crippen molar-refractivity contribution in [3.05, 3.63) is 59.7 Å². The summed E-state index contributed by atoms with van der Waals surface area (Å²) in [5.74, 6) is -0.741. The third-order valence-corrected chi connectivity index (χ3v) is 3.66. The number of ether oxygens (including phenoxy) is 1. The van der Waals surface area contributed by atoms with Crippen LogP contribution in [0.5, 0.6) is 0 Å². The first-order chi connectivity index (χ1) is 10.6. The molecule has 1 amide bonds. The predicted molar refractivity (Wildman–Crippen MR) is 83.6 cm³/mol. The van der Waals surface area contributed by atoms with E-state index in [0.717, 1.165) is 17.7 Å². The molecule has 0 bridgehead atoms. The van der Waals surface area contributed by atoms with Gasteiger partial charge in [-0.15, -0.1) is 0 Å². The summed E-state index contributed by atoms with van der Waals surface area (Å²) in [4.78, 5) is 25.8. The molecule has 2 N–H and O–H groups in total. The zero-order chi connectivity index (χ0) is 15.5. The molecule has 1 aliphatic rings. The van der Waals surface area contributed by atoms with E-state index in [1.807, 2.05) is 24.3 Å². The Morgan fingerprint density at radius 1 is 1.09 bits per heavy atom. The van der Waals surface area contributed by atoms with Gasteiger partial charge in [0.25, 0.3) is 5.91 Å². The maximum absolute atomic E-state index is 12.2. The number of para-hydroxylation sites is 1. The Morgan fingerprint density at radius 3 is 2.59 bits per heavy atom. The van der Waals surface area contributed by atoms with Crippen LogP contribution in [0.3, 0.4) is 0 Å². The summed E-state index contributed by atoms with van der Waals surface area (Å²) in [5.41, 5.74) is 8.55. The number of carbonyl (C=O) groups is 2.